The Kier molecular flexibility index (Phi) is 10.3. The summed E-state index contributed by atoms with van der Waals surface area (Å²) in [6, 6.07) is 5.73. The summed E-state index contributed by atoms with van der Waals surface area (Å²) in [6.07, 6.45) is 2.49. The molecular weight excluding hydrogens is 405 g/mol. The van der Waals surface area contributed by atoms with E-state index in [1.165, 1.54) is 0 Å². The van der Waals surface area contributed by atoms with Crippen molar-refractivity contribution in [1.29, 1.82) is 0 Å². The number of aromatic nitrogens is 1. The summed E-state index contributed by atoms with van der Waals surface area (Å²) >= 11 is 0. The molecule has 0 radical (unpaired) electrons. The summed E-state index contributed by atoms with van der Waals surface area (Å²) in [5.74, 6) is 0.366. The fourth-order valence-corrected chi connectivity index (χ4v) is 2.01. The topological polar surface area (TPSA) is 109 Å². The number of pyridine rings is 1. The van der Waals surface area contributed by atoms with Crippen LogP contribution >= 0.6 is 24.0 Å². The van der Waals surface area contributed by atoms with Crippen molar-refractivity contribution in [2.24, 2.45) is 10.7 Å². The zero-order valence-electron chi connectivity index (χ0n) is 11.9. The van der Waals surface area contributed by atoms with Crippen LogP contribution in [0.2, 0.25) is 0 Å². The third kappa shape index (κ3) is 9.58. The molecule has 0 fully saturated rings. The van der Waals surface area contributed by atoms with E-state index < -0.39 is 10.0 Å². The third-order valence-corrected chi connectivity index (χ3v) is 3.91. The van der Waals surface area contributed by atoms with Crippen LogP contribution in [0.25, 0.3) is 0 Å². The first kappa shape index (κ1) is 20.1. The first-order valence-corrected chi connectivity index (χ1v) is 8.10. The molecule has 7 nitrogen and oxygen atoms in total. The summed E-state index contributed by atoms with van der Waals surface area (Å²) in [5, 5.41) is 2.95. The number of nitrogens with two attached hydrogens (primary N) is 1. The predicted octanol–water partition coefficient (Wildman–Crippen LogP) is 0.0857. The SMILES string of the molecule is CCS(=O)(=O)NCCN=C(N)NCCc1ccccn1.I. The second-order valence-electron chi connectivity index (χ2n) is 4.06. The quantitative estimate of drug-likeness (QED) is 0.236. The van der Waals surface area contributed by atoms with E-state index in [1.807, 2.05) is 18.2 Å². The predicted molar refractivity (Wildman–Crippen MR) is 95.3 cm³/mol. The highest BCUT2D eigenvalue weighted by Crippen LogP contribution is 1.92. The monoisotopic (exact) mass is 427 g/mol. The van der Waals surface area contributed by atoms with Crippen molar-refractivity contribution in [3.05, 3.63) is 30.1 Å². The average Bonchev–Trinajstić information content (AvgIpc) is 2.45. The molecule has 21 heavy (non-hydrogen) atoms. The third-order valence-electron chi connectivity index (χ3n) is 2.51. The van der Waals surface area contributed by atoms with Crippen LogP contribution in [0, 0.1) is 0 Å². The minimum absolute atomic E-state index is 0. The minimum atomic E-state index is -3.16. The molecule has 0 atom stereocenters. The van der Waals surface area contributed by atoms with E-state index in [-0.39, 0.29) is 36.3 Å². The van der Waals surface area contributed by atoms with Crippen LogP contribution in [-0.4, -0.2) is 44.7 Å². The van der Waals surface area contributed by atoms with Gasteiger partial charge in [-0.25, -0.2) is 13.1 Å². The van der Waals surface area contributed by atoms with Gasteiger partial charge < -0.3 is 11.1 Å². The Bertz CT molecular complexity index is 522. The van der Waals surface area contributed by atoms with Gasteiger partial charge in [-0.2, -0.15) is 0 Å². The van der Waals surface area contributed by atoms with Crippen LogP contribution in [-0.2, 0) is 16.4 Å². The van der Waals surface area contributed by atoms with Gasteiger partial charge in [0, 0.05) is 31.4 Å². The first-order valence-electron chi connectivity index (χ1n) is 6.44. The maximum absolute atomic E-state index is 11.2. The lowest BCUT2D eigenvalue weighted by atomic mass is 10.3. The number of rotatable bonds is 8. The van der Waals surface area contributed by atoms with Crippen LogP contribution in [0.3, 0.4) is 0 Å². The van der Waals surface area contributed by atoms with Crippen LogP contribution in [0.4, 0.5) is 0 Å². The number of hydrogen-bond donors (Lipinski definition) is 3. The zero-order chi connectivity index (χ0) is 14.8. The van der Waals surface area contributed by atoms with E-state index in [4.69, 9.17) is 5.73 Å². The van der Waals surface area contributed by atoms with Crippen molar-refractivity contribution in [3.8, 4) is 0 Å². The van der Waals surface area contributed by atoms with Gasteiger partial charge in [0.05, 0.1) is 12.3 Å². The van der Waals surface area contributed by atoms with E-state index in [2.05, 4.69) is 20.0 Å². The van der Waals surface area contributed by atoms with Gasteiger partial charge in [0.1, 0.15) is 0 Å². The van der Waals surface area contributed by atoms with Gasteiger partial charge in [-0.15, -0.1) is 24.0 Å². The summed E-state index contributed by atoms with van der Waals surface area (Å²) in [6.45, 7) is 2.77. The van der Waals surface area contributed by atoms with Crippen molar-refractivity contribution < 1.29 is 8.42 Å². The van der Waals surface area contributed by atoms with Crippen molar-refractivity contribution in [2.45, 2.75) is 13.3 Å². The fourth-order valence-electron chi connectivity index (χ4n) is 1.40. The second-order valence-corrected chi connectivity index (χ2v) is 6.16. The van der Waals surface area contributed by atoms with Crippen molar-refractivity contribution in [1.82, 2.24) is 15.0 Å². The molecule has 0 saturated heterocycles. The standard InChI is InChI=1S/C12H21N5O2S.HI/c1-2-20(18,19)17-10-9-16-12(13)15-8-6-11-5-3-4-7-14-11;/h3-5,7,17H,2,6,8-10H2,1H3,(H3,13,15,16);1H. The van der Waals surface area contributed by atoms with Gasteiger partial charge >= 0.3 is 0 Å². The van der Waals surface area contributed by atoms with Gasteiger partial charge in [-0.1, -0.05) is 6.07 Å². The van der Waals surface area contributed by atoms with Crippen LogP contribution in [0.5, 0.6) is 0 Å². The second kappa shape index (κ2) is 10.7. The largest absolute Gasteiger partial charge is 0.370 e. The summed E-state index contributed by atoms with van der Waals surface area (Å²) in [7, 11) is -3.16. The number of halogens is 1. The molecule has 1 rings (SSSR count). The molecule has 1 aromatic heterocycles. The molecule has 0 bridgehead atoms. The summed E-state index contributed by atoms with van der Waals surface area (Å²) in [4.78, 5) is 8.22. The highest BCUT2D eigenvalue weighted by atomic mass is 127. The van der Waals surface area contributed by atoms with Crippen molar-refractivity contribution >= 4 is 40.0 Å². The number of nitrogens with one attached hydrogen (secondary N) is 2. The highest BCUT2D eigenvalue weighted by Gasteiger charge is 2.03. The molecule has 1 aromatic rings. The molecule has 0 aromatic carbocycles. The maximum Gasteiger partial charge on any atom is 0.211 e. The normalized spacial score (nSPS) is 11.8. The molecule has 0 aliphatic rings. The average molecular weight is 427 g/mol. The van der Waals surface area contributed by atoms with Crippen LogP contribution in [0.1, 0.15) is 12.6 Å². The Morgan fingerprint density at radius 1 is 1.38 bits per heavy atom. The lowest BCUT2D eigenvalue weighted by Crippen LogP contribution is -2.34. The van der Waals surface area contributed by atoms with Crippen LogP contribution in [0.15, 0.2) is 29.4 Å². The molecular formula is C12H22IN5O2S. The Labute approximate surface area is 142 Å². The van der Waals surface area contributed by atoms with Gasteiger partial charge in [0.25, 0.3) is 0 Å². The Morgan fingerprint density at radius 3 is 2.76 bits per heavy atom. The van der Waals surface area contributed by atoms with Gasteiger partial charge in [0.2, 0.25) is 10.0 Å². The molecule has 0 saturated carbocycles. The highest BCUT2D eigenvalue weighted by molar-refractivity contribution is 14.0. The van der Waals surface area contributed by atoms with Crippen LogP contribution < -0.4 is 15.8 Å². The van der Waals surface area contributed by atoms with E-state index in [9.17, 15) is 8.42 Å². The minimum Gasteiger partial charge on any atom is -0.370 e. The molecule has 0 aliphatic carbocycles. The number of hydrogen-bond acceptors (Lipinski definition) is 4. The molecule has 9 heteroatoms. The van der Waals surface area contributed by atoms with Crippen molar-refractivity contribution in [3.63, 3.8) is 0 Å². The van der Waals surface area contributed by atoms with E-state index in [1.54, 1.807) is 13.1 Å². The summed E-state index contributed by atoms with van der Waals surface area (Å²) < 4.78 is 24.7. The first-order chi connectivity index (χ1) is 9.53. The van der Waals surface area contributed by atoms with Crippen molar-refractivity contribution in [2.75, 3.05) is 25.4 Å². The Morgan fingerprint density at radius 2 is 2.14 bits per heavy atom. The molecule has 1 heterocycles. The molecule has 120 valence electrons. The van der Waals surface area contributed by atoms with E-state index >= 15 is 0 Å². The molecule has 0 amide bonds. The zero-order valence-corrected chi connectivity index (χ0v) is 15.1. The van der Waals surface area contributed by atoms with E-state index in [0.717, 1.165) is 12.1 Å². The molecule has 0 aliphatic heterocycles. The van der Waals surface area contributed by atoms with E-state index in [0.29, 0.717) is 19.0 Å². The number of nitrogens with zero attached hydrogens (tertiary/aromatic N) is 2. The fraction of sp³-hybridized carbons (Fsp3) is 0.500. The summed E-state index contributed by atoms with van der Waals surface area (Å²) in [5.41, 5.74) is 6.64. The smallest absolute Gasteiger partial charge is 0.211 e. The maximum atomic E-state index is 11.2. The molecule has 0 unspecified atom stereocenters. The van der Waals surface area contributed by atoms with Gasteiger partial charge in [0.15, 0.2) is 5.96 Å². The Hall–Kier alpha value is -0.940. The lowest BCUT2D eigenvalue weighted by Gasteiger charge is -2.06. The number of guanidine groups is 1. The molecule has 4 N–H and O–H groups in total. The number of aliphatic imine (C=N–C) groups is 1. The lowest BCUT2D eigenvalue weighted by molar-refractivity contribution is 0.583. The molecule has 0 spiro atoms. The van der Waals surface area contributed by atoms with Gasteiger partial charge in [-0.3, -0.25) is 9.98 Å². The van der Waals surface area contributed by atoms with Gasteiger partial charge in [-0.05, 0) is 19.1 Å². The Balaban J connectivity index is 0.00000400. The number of sulfonamides is 1.